The Balaban J connectivity index is 1.48. The summed E-state index contributed by atoms with van der Waals surface area (Å²) in [4.78, 5) is 15.3. The number of carbonyl (C=O) groups is 1. The molecule has 0 saturated carbocycles. The lowest BCUT2D eigenvalue weighted by atomic mass is 10.1. The van der Waals surface area contributed by atoms with Crippen LogP contribution in [0, 0.1) is 5.82 Å². The minimum atomic E-state index is -0.123. The SMILES string of the molecule is C[C@H](C(=O)N[C@H](C)c1ccccc1)[NH+]1CC[NH+](Cc2ccccc2F)CC1. The molecule has 1 fully saturated rings. The van der Waals surface area contributed by atoms with E-state index in [4.69, 9.17) is 0 Å². The molecule has 1 amide bonds. The van der Waals surface area contributed by atoms with Gasteiger partial charge in [-0.05, 0) is 25.5 Å². The van der Waals surface area contributed by atoms with Crippen LogP contribution in [0.2, 0.25) is 0 Å². The Morgan fingerprint density at radius 1 is 1.00 bits per heavy atom. The van der Waals surface area contributed by atoms with Gasteiger partial charge in [0.25, 0.3) is 5.91 Å². The van der Waals surface area contributed by atoms with E-state index in [1.165, 1.54) is 15.9 Å². The highest BCUT2D eigenvalue weighted by Gasteiger charge is 2.31. The first-order valence-corrected chi connectivity index (χ1v) is 9.81. The van der Waals surface area contributed by atoms with Gasteiger partial charge < -0.3 is 15.1 Å². The van der Waals surface area contributed by atoms with Crippen LogP contribution in [-0.4, -0.2) is 38.1 Å². The van der Waals surface area contributed by atoms with Crippen molar-refractivity contribution < 1.29 is 19.0 Å². The Labute approximate surface area is 161 Å². The maximum absolute atomic E-state index is 13.8. The minimum absolute atomic E-state index is 0.00789. The molecular formula is C22H30FN3O+2. The van der Waals surface area contributed by atoms with Crippen molar-refractivity contribution in [2.75, 3.05) is 26.2 Å². The van der Waals surface area contributed by atoms with Gasteiger partial charge in [-0.15, -0.1) is 0 Å². The zero-order valence-electron chi connectivity index (χ0n) is 16.2. The summed E-state index contributed by atoms with van der Waals surface area (Å²) in [6.07, 6.45) is 0. The number of carbonyl (C=O) groups excluding carboxylic acids is 1. The van der Waals surface area contributed by atoms with E-state index >= 15 is 0 Å². The maximum Gasteiger partial charge on any atom is 0.278 e. The monoisotopic (exact) mass is 371 g/mol. The summed E-state index contributed by atoms with van der Waals surface area (Å²) < 4.78 is 13.8. The second kappa shape index (κ2) is 9.11. The van der Waals surface area contributed by atoms with E-state index in [0.717, 1.165) is 37.3 Å². The quantitative estimate of drug-likeness (QED) is 0.675. The number of quaternary nitrogens is 2. The first-order valence-electron chi connectivity index (χ1n) is 9.81. The molecule has 1 saturated heterocycles. The number of piperazine rings is 1. The number of hydrogen-bond acceptors (Lipinski definition) is 1. The maximum atomic E-state index is 13.8. The second-order valence-corrected chi connectivity index (χ2v) is 7.54. The van der Waals surface area contributed by atoms with E-state index in [1.54, 1.807) is 6.07 Å². The first kappa shape index (κ1) is 19.5. The van der Waals surface area contributed by atoms with Crippen LogP contribution in [0.15, 0.2) is 54.6 Å². The Kier molecular flexibility index (Phi) is 6.58. The largest absolute Gasteiger partial charge is 0.344 e. The third kappa shape index (κ3) is 5.15. The fraction of sp³-hybridized carbons (Fsp3) is 0.409. The molecule has 0 unspecified atom stereocenters. The molecule has 2 atom stereocenters. The third-order valence-corrected chi connectivity index (χ3v) is 5.66. The molecule has 0 bridgehead atoms. The number of nitrogens with one attached hydrogen (secondary N) is 3. The summed E-state index contributed by atoms with van der Waals surface area (Å²) in [7, 11) is 0. The Hall–Kier alpha value is -2.24. The molecule has 1 heterocycles. The van der Waals surface area contributed by atoms with Gasteiger partial charge >= 0.3 is 0 Å². The number of rotatable bonds is 6. The molecule has 4 nitrogen and oxygen atoms in total. The van der Waals surface area contributed by atoms with Crippen molar-refractivity contribution in [2.45, 2.75) is 32.5 Å². The summed E-state index contributed by atoms with van der Waals surface area (Å²) in [6.45, 7) is 8.50. The van der Waals surface area contributed by atoms with Gasteiger partial charge in [-0.2, -0.15) is 0 Å². The normalized spacial score (nSPS) is 22.0. The van der Waals surface area contributed by atoms with Gasteiger partial charge in [0, 0.05) is 5.56 Å². The van der Waals surface area contributed by atoms with Crippen LogP contribution < -0.4 is 15.1 Å². The summed E-state index contributed by atoms with van der Waals surface area (Å²) in [5.41, 5.74) is 1.89. The molecule has 27 heavy (non-hydrogen) atoms. The van der Waals surface area contributed by atoms with Gasteiger partial charge in [0.05, 0.1) is 6.04 Å². The highest BCUT2D eigenvalue weighted by molar-refractivity contribution is 5.80. The lowest BCUT2D eigenvalue weighted by molar-refractivity contribution is -1.02. The molecule has 144 valence electrons. The van der Waals surface area contributed by atoms with E-state index < -0.39 is 0 Å². The van der Waals surface area contributed by atoms with Gasteiger partial charge in [0.1, 0.15) is 38.5 Å². The fourth-order valence-electron chi connectivity index (χ4n) is 3.79. The van der Waals surface area contributed by atoms with Crippen LogP contribution in [0.25, 0.3) is 0 Å². The Morgan fingerprint density at radius 2 is 1.63 bits per heavy atom. The van der Waals surface area contributed by atoms with Crippen LogP contribution in [0.4, 0.5) is 4.39 Å². The van der Waals surface area contributed by atoms with Gasteiger partial charge in [-0.3, -0.25) is 4.79 Å². The van der Waals surface area contributed by atoms with Crippen LogP contribution in [0.1, 0.15) is 31.0 Å². The van der Waals surface area contributed by atoms with Crippen molar-refractivity contribution in [1.82, 2.24) is 5.32 Å². The number of amides is 1. The van der Waals surface area contributed by atoms with Gasteiger partial charge in [-0.25, -0.2) is 4.39 Å². The zero-order chi connectivity index (χ0) is 19.2. The number of halogens is 1. The molecule has 0 aromatic heterocycles. The van der Waals surface area contributed by atoms with Gasteiger partial charge in [-0.1, -0.05) is 48.5 Å². The molecule has 2 aromatic carbocycles. The zero-order valence-corrected chi connectivity index (χ0v) is 16.2. The van der Waals surface area contributed by atoms with Crippen molar-refractivity contribution in [3.05, 3.63) is 71.5 Å². The van der Waals surface area contributed by atoms with Crippen LogP contribution >= 0.6 is 0 Å². The van der Waals surface area contributed by atoms with Crippen molar-refractivity contribution in [2.24, 2.45) is 0 Å². The summed E-state index contributed by atoms with van der Waals surface area (Å²) in [5, 5.41) is 3.14. The van der Waals surface area contributed by atoms with E-state index in [9.17, 15) is 9.18 Å². The predicted octanol–water partition coefficient (Wildman–Crippen LogP) is 0.375. The fourth-order valence-corrected chi connectivity index (χ4v) is 3.79. The average Bonchev–Trinajstić information content (AvgIpc) is 2.70. The van der Waals surface area contributed by atoms with Crippen molar-refractivity contribution >= 4 is 5.91 Å². The molecule has 3 rings (SSSR count). The highest BCUT2D eigenvalue weighted by atomic mass is 19.1. The lowest BCUT2D eigenvalue weighted by Gasteiger charge is -2.33. The second-order valence-electron chi connectivity index (χ2n) is 7.54. The predicted molar refractivity (Wildman–Crippen MR) is 104 cm³/mol. The van der Waals surface area contributed by atoms with Crippen molar-refractivity contribution in [3.63, 3.8) is 0 Å². The lowest BCUT2D eigenvalue weighted by Crippen LogP contribution is -3.29. The topological polar surface area (TPSA) is 38.0 Å². The third-order valence-electron chi connectivity index (χ3n) is 5.66. The standard InChI is InChI=1S/C22H28FN3O/c1-17(19-8-4-3-5-9-19)24-22(27)18(2)26-14-12-25(13-15-26)16-20-10-6-7-11-21(20)23/h3-11,17-18H,12-16H2,1-2H3,(H,24,27)/p+2/t17-,18-/m1/s1. The van der Waals surface area contributed by atoms with Crippen molar-refractivity contribution in [1.29, 1.82) is 0 Å². The van der Waals surface area contributed by atoms with E-state index in [1.807, 2.05) is 56.3 Å². The van der Waals surface area contributed by atoms with E-state index in [2.05, 4.69) is 5.32 Å². The van der Waals surface area contributed by atoms with Crippen LogP contribution in [0.3, 0.4) is 0 Å². The smallest absolute Gasteiger partial charge is 0.278 e. The number of hydrogen-bond donors (Lipinski definition) is 3. The molecule has 1 aliphatic rings. The molecule has 0 aliphatic carbocycles. The minimum Gasteiger partial charge on any atom is -0.344 e. The molecule has 3 N–H and O–H groups in total. The van der Waals surface area contributed by atoms with Crippen molar-refractivity contribution in [3.8, 4) is 0 Å². The van der Waals surface area contributed by atoms with Gasteiger partial charge in [0.15, 0.2) is 6.04 Å². The highest BCUT2D eigenvalue weighted by Crippen LogP contribution is 2.10. The molecule has 1 aliphatic heterocycles. The summed E-state index contributed by atoms with van der Waals surface area (Å²) >= 11 is 0. The van der Waals surface area contributed by atoms with Gasteiger partial charge in [0.2, 0.25) is 0 Å². The number of benzene rings is 2. The molecule has 5 heteroatoms. The first-order chi connectivity index (χ1) is 13.0. The summed E-state index contributed by atoms with van der Waals surface area (Å²) in [5.74, 6) is -0.0265. The Morgan fingerprint density at radius 3 is 2.30 bits per heavy atom. The Bertz CT molecular complexity index is 744. The molecule has 0 radical (unpaired) electrons. The summed E-state index contributed by atoms with van der Waals surface area (Å²) in [6, 6.07) is 17.0. The van der Waals surface area contributed by atoms with Crippen LogP contribution in [-0.2, 0) is 11.3 Å². The van der Waals surface area contributed by atoms with E-state index in [-0.39, 0.29) is 23.8 Å². The molecule has 0 spiro atoms. The van der Waals surface area contributed by atoms with E-state index in [0.29, 0.717) is 6.54 Å². The molecule has 2 aromatic rings. The van der Waals surface area contributed by atoms with Crippen LogP contribution in [0.5, 0.6) is 0 Å². The average molecular weight is 372 g/mol. The molecular weight excluding hydrogens is 341 g/mol.